The molecular weight excluding hydrogens is 198 g/mol. The molecule has 0 aliphatic rings. The Kier molecular flexibility index (Phi) is 2.64. The molecule has 0 aromatic carbocycles. The summed E-state index contributed by atoms with van der Waals surface area (Å²) in [6, 6.07) is 0. The Hall–Kier alpha value is -1.89. The van der Waals surface area contributed by atoms with E-state index in [1.165, 1.54) is 6.33 Å². The van der Waals surface area contributed by atoms with Crippen LogP contribution in [0.15, 0.2) is 6.33 Å². The van der Waals surface area contributed by atoms with E-state index in [0.717, 1.165) is 0 Å². The molecule has 0 bridgehead atoms. The smallest absolute Gasteiger partial charge is 0.245 e. The van der Waals surface area contributed by atoms with E-state index in [4.69, 9.17) is 15.2 Å². The van der Waals surface area contributed by atoms with E-state index in [9.17, 15) is 0 Å². The predicted octanol–water partition coefficient (Wildman–Crippen LogP) is -0.0397. The monoisotopic (exact) mass is 209 g/mol. The van der Waals surface area contributed by atoms with Gasteiger partial charge in [-0.25, -0.2) is 4.98 Å². The molecule has 3 N–H and O–H groups in total. The van der Waals surface area contributed by atoms with Gasteiger partial charge in [-0.2, -0.15) is 9.97 Å². The Balaban J connectivity index is 2.27. The van der Waals surface area contributed by atoms with Crippen LogP contribution in [-0.2, 0) is 4.74 Å². The second kappa shape index (κ2) is 4.09. The normalized spacial score (nSPS) is 10.7. The van der Waals surface area contributed by atoms with Crippen LogP contribution in [-0.4, -0.2) is 40.3 Å². The fourth-order valence-electron chi connectivity index (χ4n) is 1.15. The summed E-state index contributed by atoms with van der Waals surface area (Å²) in [5.41, 5.74) is 6.64. The minimum atomic E-state index is 0.141. The fraction of sp³-hybridized carbons (Fsp3) is 0.375. The van der Waals surface area contributed by atoms with E-state index in [0.29, 0.717) is 30.3 Å². The standard InChI is InChI=1S/C8H11N5O2/c1-14-2-3-15-7-5-6(11-4-10-5)12-8(9)13-7/h4H,2-3H2,1H3,(H3,9,10,11,12,13). The van der Waals surface area contributed by atoms with Crippen LogP contribution in [0, 0.1) is 0 Å². The highest BCUT2D eigenvalue weighted by atomic mass is 16.5. The first-order chi connectivity index (χ1) is 7.31. The summed E-state index contributed by atoms with van der Waals surface area (Å²) in [6.07, 6.45) is 1.52. The Morgan fingerprint density at radius 3 is 3.07 bits per heavy atom. The van der Waals surface area contributed by atoms with Gasteiger partial charge in [-0.05, 0) is 0 Å². The van der Waals surface area contributed by atoms with Gasteiger partial charge >= 0.3 is 0 Å². The number of H-pyrrole nitrogens is 1. The highest BCUT2D eigenvalue weighted by molar-refractivity contribution is 5.76. The molecule has 0 aliphatic heterocycles. The van der Waals surface area contributed by atoms with Crippen LogP contribution in [0.2, 0.25) is 0 Å². The lowest BCUT2D eigenvalue weighted by Gasteiger charge is -2.05. The highest BCUT2D eigenvalue weighted by Crippen LogP contribution is 2.19. The maximum absolute atomic E-state index is 5.50. The lowest BCUT2D eigenvalue weighted by atomic mass is 10.5. The van der Waals surface area contributed by atoms with E-state index in [1.54, 1.807) is 7.11 Å². The van der Waals surface area contributed by atoms with E-state index in [1.807, 2.05) is 0 Å². The molecule has 0 saturated carbocycles. The summed E-state index contributed by atoms with van der Waals surface area (Å²) < 4.78 is 10.2. The molecule has 7 heteroatoms. The SMILES string of the molecule is COCCOc1nc(N)nc2nc[nH]c12. The van der Waals surface area contributed by atoms with Crippen molar-refractivity contribution in [2.24, 2.45) is 0 Å². The maximum atomic E-state index is 5.50. The number of anilines is 1. The second-order valence-corrected chi connectivity index (χ2v) is 2.83. The molecule has 15 heavy (non-hydrogen) atoms. The molecule has 80 valence electrons. The van der Waals surface area contributed by atoms with Crippen molar-refractivity contribution in [1.29, 1.82) is 0 Å². The largest absolute Gasteiger partial charge is 0.474 e. The Labute approximate surface area is 85.6 Å². The summed E-state index contributed by atoms with van der Waals surface area (Å²) in [4.78, 5) is 14.8. The first kappa shape index (κ1) is 9.66. The summed E-state index contributed by atoms with van der Waals surface area (Å²) in [7, 11) is 1.60. The number of fused-ring (bicyclic) bond motifs is 1. The van der Waals surface area contributed by atoms with E-state index < -0.39 is 0 Å². The second-order valence-electron chi connectivity index (χ2n) is 2.83. The summed E-state index contributed by atoms with van der Waals surface area (Å²) in [5.74, 6) is 0.536. The zero-order valence-corrected chi connectivity index (χ0v) is 8.23. The van der Waals surface area contributed by atoms with Crippen molar-refractivity contribution in [3.05, 3.63) is 6.33 Å². The number of hydrogen-bond donors (Lipinski definition) is 2. The van der Waals surface area contributed by atoms with Gasteiger partial charge < -0.3 is 20.2 Å². The topological polar surface area (TPSA) is 98.9 Å². The number of hydrogen-bond acceptors (Lipinski definition) is 6. The third kappa shape index (κ3) is 1.96. The van der Waals surface area contributed by atoms with Gasteiger partial charge in [0, 0.05) is 7.11 Å². The van der Waals surface area contributed by atoms with Gasteiger partial charge in [0.15, 0.2) is 5.65 Å². The number of nitrogens with one attached hydrogen (secondary N) is 1. The average Bonchev–Trinajstić information content (AvgIpc) is 2.65. The van der Waals surface area contributed by atoms with Crippen molar-refractivity contribution in [3.63, 3.8) is 0 Å². The van der Waals surface area contributed by atoms with E-state index in [2.05, 4.69) is 19.9 Å². The first-order valence-electron chi connectivity index (χ1n) is 4.39. The molecule has 0 atom stereocenters. The van der Waals surface area contributed by atoms with E-state index >= 15 is 0 Å². The van der Waals surface area contributed by atoms with Crippen LogP contribution in [0.4, 0.5) is 5.95 Å². The molecule has 2 aromatic heterocycles. The van der Waals surface area contributed by atoms with Crippen molar-refractivity contribution < 1.29 is 9.47 Å². The van der Waals surface area contributed by atoms with Gasteiger partial charge in [0.05, 0.1) is 12.9 Å². The number of rotatable bonds is 4. The zero-order valence-electron chi connectivity index (χ0n) is 8.23. The Bertz CT molecular complexity index is 455. The van der Waals surface area contributed by atoms with Crippen molar-refractivity contribution in [2.75, 3.05) is 26.1 Å². The van der Waals surface area contributed by atoms with Crippen molar-refractivity contribution in [1.82, 2.24) is 19.9 Å². The minimum absolute atomic E-state index is 0.141. The Morgan fingerprint density at radius 1 is 1.40 bits per heavy atom. The summed E-state index contributed by atoms with van der Waals surface area (Å²) >= 11 is 0. The first-order valence-corrected chi connectivity index (χ1v) is 4.39. The predicted molar refractivity (Wildman–Crippen MR) is 53.5 cm³/mol. The van der Waals surface area contributed by atoms with Gasteiger partial charge in [-0.3, -0.25) is 0 Å². The number of aromatic nitrogens is 4. The molecule has 7 nitrogen and oxygen atoms in total. The van der Waals surface area contributed by atoms with Crippen LogP contribution in [0.1, 0.15) is 0 Å². The van der Waals surface area contributed by atoms with Gasteiger partial charge in [0.25, 0.3) is 0 Å². The molecule has 0 amide bonds. The molecule has 2 rings (SSSR count). The lowest BCUT2D eigenvalue weighted by Crippen LogP contribution is -2.07. The molecule has 0 radical (unpaired) electrons. The Morgan fingerprint density at radius 2 is 2.27 bits per heavy atom. The van der Waals surface area contributed by atoms with Crippen LogP contribution in [0.5, 0.6) is 5.88 Å². The number of nitrogen functional groups attached to an aromatic ring is 1. The van der Waals surface area contributed by atoms with Crippen LogP contribution in [0.3, 0.4) is 0 Å². The quantitative estimate of drug-likeness (QED) is 0.685. The van der Waals surface area contributed by atoms with Crippen molar-refractivity contribution >= 4 is 17.1 Å². The number of nitrogens with two attached hydrogens (primary N) is 1. The fourth-order valence-corrected chi connectivity index (χ4v) is 1.15. The van der Waals surface area contributed by atoms with Gasteiger partial charge in [0.2, 0.25) is 11.8 Å². The molecule has 0 aliphatic carbocycles. The molecule has 0 spiro atoms. The highest BCUT2D eigenvalue weighted by Gasteiger charge is 2.08. The molecule has 2 heterocycles. The number of aromatic amines is 1. The van der Waals surface area contributed by atoms with Crippen LogP contribution < -0.4 is 10.5 Å². The molecule has 0 fully saturated rings. The van der Waals surface area contributed by atoms with Crippen LogP contribution >= 0.6 is 0 Å². The van der Waals surface area contributed by atoms with Gasteiger partial charge in [-0.15, -0.1) is 0 Å². The number of methoxy groups -OCH3 is 1. The number of nitrogens with zero attached hydrogens (tertiary/aromatic N) is 3. The van der Waals surface area contributed by atoms with Gasteiger partial charge in [0.1, 0.15) is 12.1 Å². The maximum Gasteiger partial charge on any atom is 0.245 e. The van der Waals surface area contributed by atoms with Crippen molar-refractivity contribution in [2.45, 2.75) is 0 Å². The van der Waals surface area contributed by atoms with E-state index in [-0.39, 0.29) is 5.95 Å². The average molecular weight is 209 g/mol. The lowest BCUT2D eigenvalue weighted by molar-refractivity contribution is 0.144. The summed E-state index contributed by atoms with van der Waals surface area (Å²) in [6.45, 7) is 0.889. The number of imidazole rings is 1. The van der Waals surface area contributed by atoms with Crippen LogP contribution in [0.25, 0.3) is 11.2 Å². The summed E-state index contributed by atoms with van der Waals surface area (Å²) in [5, 5.41) is 0. The number of ether oxygens (including phenoxy) is 2. The molecule has 0 saturated heterocycles. The minimum Gasteiger partial charge on any atom is -0.474 e. The zero-order chi connectivity index (χ0) is 10.7. The third-order valence-electron chi connectivity index (χ3n) is 1.80. The molecule has 2 aromatic rings. The van der Waals surface area contributed by atoms with Crippen molar-refractivity contribution in [3.8, 4) is 5.88 Å². The molecular formula is C8H11N5O2. The molecule has 0 unspecified atom stereocenters. The van der Waals surface area contributed by atoms with Gasteiger partial charge in [-0.1, -0.05) is 0 Å². The third-order valence-corrected chi connectivity index (χ3v) is 1.80.